The minimum atomic E-state index is -0.765. The number of carbonyl (C=O) groups is 2. The van der Waals surface area contributed by atoms with Gasteiger partial charge in [0.2, 0.25) is 0 Å². The van der Waals surface area contributed by atoms with Crippen LogP contribution in [0.15, 0.2) is 59.3 Å². The van der Waals surface area contributed by atoms with Crippen LogP contribution in [0.4, 0.5) is 21.0 Å². The number of hydrogen-bond donors (Lipinski definition) is 2. The van der Waals surface area contributed by atoms with Gasteiger partial charge in [0.25, 0.3) is 0 Å². The van der Waals surface area contributed by atoms with Crippen LogP contribution in [0.3, 0.4) is 0 Å². The molecule has 100 valence electrons. The number of pyridine rings is 2. The summed E-state index contributed by atoms with van der Waals surface area (Å²) in [6.45, 7) is 0. The summed E-state index contributed by atoms with van der Waals surface area (Å²) in [5.41, 5.74) is 0.924. The summed E-state index contributed by atoms with van der Waals surface area (Å²) in [6.07, 6.45) is 6.03. The Balaban J connectivity index is 1.86. The van der Waals surface area contributed by atoms with E-state index < -0.39 is 12.1 Å². The maximum atomic E-state index is 11.4. The highest BCUT2D eigenvalue weighted by Gasteiger charge is 2.03. The molecule has 8 nitrogen and oxygen atoms in total. The van der Waals surface area contributed by atoms with Crippen LogP contribution in [0.1, 0.15) is 0 Å². The summed E-state index contributed by atoms with van der Waals surface area (Å²) in [7, 11) is 0. The number of carbonyl (C=O) groups excluding carboxylic acids is 2. The van der Waals surface area contributed by atoms with Gasteiger partial charge in [-0.05, 0) is 24.3 Å². The fourth-order valence-corrected chi connectivity index (χ4v) is 1.26. The van der Waals surface area contributed by atoms with E-state index in [9.17, 15) is 9.59 Å². The summed E-state index contributed by atoms with van der Waals surface area (Å²) in [4.78, 5) is 30.4. The van der Waals surface area contributed by atoms with Crippen molar-refractivity contribution in [2.45, 2.75) is 0 Å². The smallest absolute Gasteiger partial charge is 0.303 e. The van der Waals surface area contributed by atoms with Gasteiger partial charge in [0, 0.05) is 12.4 Å². The molecule has 0 fully saturated rings. The van der Waals surface area contributed by atoms with Gasteiger partial charge >= 0.3 is 12.1 Å². The fourth-order valence-electron chi connectivity index (χ4n) is 1.26. The van der Waals surface area contributed by atoms with Crippen molar-refractivity contribution in [2.75, 3.05) is 10.6 Å². The van der Waals surface area contributed by atoms with Gasteiger partial charge in [-0.15, -0.1) is 0 Å². The van der Waals surface area contributed by atoms with Gasteiger partial charge in [-0.2, -0.15) is 0 Å². The van der Waals surface area contributed by atoms with Crippen molar-refractivity contribution in [3.8, 4) is 0 Å². The highest BCUT2D eigenvalue weighted by atomic mass is 16.2. The maximum absolute atomic E-state index is 11.4. The van der Waals surface area contributed by atoms with E-state index in [0.717, 1.165) is 0 Å². The average molecular weight is 270 g/mol. The van der Waals surface area contributed by atoms with E-state index in [1.807, 2.05) is 0 Å². The molecule has 0 aliphatic heterocycles. The van der Waals surface area contributed by atoms with Crippen LogP contribution < -0.4 is 10.6 Å². The number of rotatable bonds is 2. The van der Waals surface area contributed by atoms with Crippen LogP contribution in [0.2, 0.25) is 0 Å². The second-order valence-corrected chi connectivity index (χ2v) is 3.54. The highest BCUT2D eigenvalue weighted by molar-refractivity contribution is 5.93. The van der Waals surface area contributed by atoms with Gasteiger partial charge in [-0.3, -0.25) is 9.97 Å². The topological polar surface area (TPSA) is 109 Å². The Kier molecular flexibility index (Phi) is 4.44. The maximum Gasteiger partial charge on any atom is 0.364 e. The average Bonchev–Trinajstić information content (AvgIpc) is 2.47. The number of azo groups is 1. The monoisotopic (exact) mass is 270 g/mol. The predicted molar refractivity (Wildman–Crippen MR) is 71.4 cm³/mol. The van der Waals surface area contributed by atoms with Gasteiger partial charge < -0.3 is 10.6 Å². The molecule has 4 amide bonds. The quantitative estimate of drug-likeness (QED) is 0.817. The number of urea groups is 2. The van der Waals surface area contributed by atoms with E-state index in [1.54, 1.807) is 36.7 Å². The van der Waals surface area contributed by atoms with E-state index in [1.165, 1.54) is 12.4 Å². The molecule has 0 atom stereocenters. The molecule has 0 radical (unpaired) electrons. The fraction of sp³-hybridized carbons (Fsp3) is 0. The van der Waals surface area contributed by atoms with Crippen LogP contribution in [0, 0.1) is 0 Å². The molecular weight excluding hydrogens is 260 g/mol. The normalized spacial score (nSPS) is 10.2. The summed E-state index contributed by atoms with van der Waals surface area (Å²) >= 11 is 0. The third-order valence-corrected chi connectivity index (χ3v) is 2.06. The van der Waals surface area contributed by atoms with Crippen molar-refractivity contribution in [1.29, 1.82) is 0 Å². The highest BCUT2D eigenvalue weighted by Crippen LogP contribution is 2.04. The first-order valence-electron chi connectivity index (χ1n) is 5.58. The van der Waals surface area contributed by atoms with Gasteiger partial charge in [0.15, 0.2) is 0 Å². The van der Waals surface area contributed by atoms with Crippen molar-refractivity contribution in [1.82, 2.24) is 9.97 Å². The van der Waals surface area contributed by atoms with E-state index in [0.29, 0.717) is 11.4 Å². The minimum absolute atomic E-state index is 0.462. The van der Waals surface area contributed by atoms with Crippen molar-refractivity contribution in [3.63, 3.8) is 0 Å². The van der Waals surface area contributed by atoms with Crippen LogP contribution in [-0.2, 0) is 0 Å². The molecule has 2 N–H and O–H groups in total. The third kappa shape index (κ3) is 4.26. The summed E-state index contributed by atoms with van der Waals surface area (Å²) in [5, 5.41) is 11.3. The van der Waals surface area contributed by atoms with E-state index in [2.05, 4.69) is 30.8 Å². The Morgan fingerprint density at radius 3 is 1.65 bits per heavy atom. The molecule has 0 aliphatic rings. The first-order valence-corrected chi connectivity index (χ1v) is 5.58. The van der Waals surface area contributed by atoms with Gasteiger partial charge in [0.1, 0.15) is 0 Å². The zero-order valence-corrected chi connectivity index (χ0v) is 10.2. The lowest BCUT2D eigenvalue weighted by atomic mass is 10.4. The number of anilines is 2. The zero-order valence-electron chi connectivity index (χ0n) is 10.2. The van der Waals surface area contributed by atoms with Crippen molar-refractivity contribution in [2.24, 2.45) is 10.2 Å². The standard InChI is InChI=1S/C12H10N6O2/c19-11(15-9-3-1-5-13-7-9)17-18-12(20)16-10-4-2-6-14-8-10/h1-8H,(H,15,19)(H,16,20)/b18-17+. The largest absolute Gasteiger partial charge is 0.364 e. The number of aromatic nitrogens is 2. The molecule has 2 heterocycles. The molecule has 8 heteroatoms. The van der Waals surface area contributed by atoms with Crippen LogP contribution in [-0.4, -0.2) is 22.0 Å². The Hall–Kier alpha value is -3.16. The lowest BCUT2D eigenvalue weighted by molar-refractivity contribution is 0.252. The number of amides is 4. The minimum Gasteiger partial charge on any atom is -0.303 e. The molecule has 0 aliphatic carbocycles. The van der Waals surface area contributed by atoms with Crippen molar-refractivity contribution < 1.29 is 9.59 Å². The molecule has 2 rings (SSSR count). The lowest BCUT2D eigenvalue weighted by Crippen LogP contribution is -2.09. The molecule has 20 heavy (non-hydrogen) atoms. The molecule has 0 aromatic carbocycles. The second-order valence-electron chi connectivity index (χ2n) is 3.54. The summed E-state index contributed by atoms with van der Waals surface area (Å²) in [5.74, 6) is 0. The van der Waals surface area contributed by atoms with Crippen LogP contribution >= 0.6 is 0 Å². The first-order chi connectivity index (χ1) is 9.74. The Bertz CT molecular complexity index is 559. The van der Waals surface area contributed by atoms with Crippen LogP contribution in [0.5, 0.6) is 0 Å². The molecule has 0 bridgehead atoms. The third-order valence-electron chi connectivity index (χ3n) is 2.06. The van der Waals surface area contributed by atoms with Gasteiger partial charge in [-0.25, -0.2) is 9.59 Å². The Labute approximate surface area is 114 Å². The van der Waals surface area contributed by atoms with E-state index in [-0.39, 0.29) is 0 Å². The molecule has 0 spiro atoms. The number of nitrogens with one attached hydrogen (secondary N) is 2. The van der Waals surface area contributed by atoms with Gasteiger partial charge in [0.05, 0.1) is 23.8 Å². The molecular formula is C12H10N6O2. The van der Waals surface area contributed by atoms with Gasteiger partial charge in [-0.1, -0.05) is 10.2 Å². The number of hydrogen-bond acceptors (Lipinski definition) is 4. The molecule has 0 saturated carbocycles. The molecule has 0 saturated heterocycles. The summed E-state index contributed by atoms with van der Waals surface area (Å²) in [6, 6.07) is 5.05. The number of nitrogens with zero attached hydrogens (tertiary/aromatic N) is 4. The Morgan fingerprint density at radius 1 is 0.850 bits per heavy atom. The van der Waals surface area contributed by atoms with E-state index in [4.69, 9.17) is 0 Å². The zero-order chi connectivity index (χ0) is 14.2. The Morgan fingerprint density at radius 2 is 1.30 bits per heavy atom. The van der Waals surface area contributed by atoms with Crippen molar-refractivity contribution in [3.05, 3.63) is 49.1 Å². The lowest BCUT2D eigenvalue weighted by Gasteiger charge is -1.99. The summed E-state index contributed by atoms with van der Waals surface area (Å²) < 4.78 is 0. The SMILES string of the molecule is O=C(/N=N/C(=O)Nc1cccnc1)Nc1cccnc1. The second kappa shape index (κ2) is 6.69. The molecule has 0 unspecified atom stereocenters. The predicted octanol–water partition coefficient (Wildman–Crippen LogP) is 2.69. The molecule has 2 aromatic heterocycles. The van der Waals surface area contributed by atoms with Crippen LogP contribution in [0.25, 0.3) is 0 Å². The van der Waals surface area contributed by atoms with E-state index >= 15 is 0 Å². The van der Waals surface area contributed by atoms with Crippen molar-refractivity contribution >= 4 is 23.4 Å². The first kappa shape index (κ1) is 13.3. The molecule has 2 aromatic rings.